The molecule has 0 radical (unpaired) electrons. The maximum Gasteiger partial charge on any atom is 0.182 e. The Bertz CT molecular complexity index is 1360. The van der Waals surface area contributed by atoms with Gasteiger partial charge in [0.15, 0.2) is 5.65 Å². The van der Waals surface area contributed by atoms with Gasteiger partial charge in [0.05, 0.1) is 29.8 Å². The molecule has 1 aliphatic heterocycles. The van der Waals surface area contributed by atoms with Crippen molar-refractivity contribution in [3.63, 3.8) is 0 Å². The fourth-order valence-corrected chi connectivity index (χ4v) is 4.52. The largest absolute Gasteiger partial charge is 0.370 e. The van der Waals surface area contributed by atoms with Gasteiger partial charge in [0.2, 0.25) is 0 Å². The number of aromatic nitrogens is 6. The minimum absolute atomic E-state index is 0.00908. The monoisotopic (exact) mass is 466 g/mol. The number of benzene rings is 1. The van der Waals surface area contributed by atoms with Crippen LogP contribution in [0.25, 0.3) is 22.4 Å². The summed E-state index contributed by atoms with van der Waals surface area (Å²) in [7, 11) is 1.88. The summed E-state index contributed by atoms with van der Waals surface area (Å²) < 4.78 is 22.9. The van der Waals surface area contributed by atoms with Gasteiger partial charge in [-0.2, -0.15) is 5.10 Å². The molecule has 0 amide bonds. The summed E-state index contributed by atoms with van der Waals surface area (Å²) in [5.74, 6) is 0.177. The zero-order chi connectivity index (χ0) is 23.3. The molecule has 170 valence electrons. The van der Waals surface area contributed by atoms with Gasteiger partial charge in [-0.3, -0.25) is 4.68 Å². The Morgan fingerprint density at radius 1 is 1.09 bits per heavy atom. The van der Waals surface area contributed by atoms with Gasteiger partial charge in [0.25, 0.3) is 0 Å². The molecule has 0 N–H and O–H groups in total. The van der Waals surface area contributed by atoms with Crippen LogP contribution in [0.1, 0.15) is 54.6 Å². The van der Waals surface area contributed by atoms with Crippen LogP contribution in [0, 0.1) is 19.7 Å². The minimum Gasteiger partial charge on any atom is -0.370 e. The average molecular weight is 467 g/mol. The molecule has 0 aliphatic carbocycles. The van der Waals surface area contributed by atoms with Crippen LogP contribution in [0.3, 0.4) is 0 Å². The lowest BCUT2D eigenvalue weighted by atomic mass is 9.89. The molecule has 0 unspecified atom stereocenters. The summed E-state index contributed by atoms with van der Waals surface area (Å²) in [6, 6.07) is 4.57. The van der Waals surface area contributed by atoms with E-state index in [1.807, 2.05) is 40.2 Å². The Hall–Kier alpha value is -2.97. The quantitative estimate of drug-likeness (QED) is 0.410. The molecule has 4 heterocycles. The minimum atomic E-state index is -0.456. The average Bonchev–Trinajstić information content (AvgIpc) is 3.20. The third-order valence-corrected chi connectivity index (χ3v) is 6.35. The zero-order valence-electron chi connectivity index (χ0n) is 18.9. The zero-order valence-corrected chi connectivity index (χ0v) is 19.6. The Kier molecular flexibility index (Phi) is 5.58. The second-order valence-corrected chi connectivity index (χ2v) is 9.11. The van der Waals surface area contributed by atoms with E-state index in [2.05, 4.69) is 15.1 Å². The molecule has 3 aromatic heterocycles. The highest BCUT2D eigenvalue weighted by atomic mass is 35.5. The van der Waals surface area contributed by atoms with E-state index in [4.69, 9.17) is 26.3 Å². The number of hydrogen-bond donors (Lipinski definition) is 0. The number of ether oxygens (including phenoxy) is 1. The third kappa shape index (κ3) is 4.20. The van der Waals surface area contributed by atoms with Crippen LogP contribution >= 0.6 is 11.6 Å². The second-order valence-electron chi connectivity index (χ2n) is 8.67. The standard InChI is InChI=1S/C24H24ClFN6O/c1-12-7-15(8-20(33-12)16-10-27-32(4)11-16)23-30-21(18-6-5-17(25)9-19(18)26)22-24(31-23)29-14(3)13(2)28-22/h5-6,9-12,15,20H,7-8H2,1-4H3/t12-,15-,20-/m0/s1. The van der Waals surface area contributed by atoms with Crippen molar-refractivity contribution in [3.8, 4) is 11.3 Å². The lowest BCUT2D eigenvalue weighted by Crippen LogP contribution is -2.26. The first kappa shape index (κ1) is 21.9. The van der Waals surface area contributed by atoms with Crippen LogP contribution in [-0.2, 0) is 11.8 Å². The summed E-state index contributed by atoms with van der Waals surface area (Å²) in [5.41, 5.74) is 4.25. The summed E-state index contributed by atoms with van der Waals surface area (Å²) in [4.78, 5) is 19.0. The Balaban J connectivity index is 1.64. The van der Waals surface area contributed by atoms with Gasteiger partial charge in [-0.1, -0.05) is 11.6 Å². The highest BCUT2D eigenvalue weighted by molar-refractivity contribution is 6.30. The van der Waals surface area contributed by atoms with Gasteiger partial charge in [0.1, 0.15) is 22.9 Å². The smallest absolute Gasteiger partial charge is 0.182 e. The molecule has 1 fully saturated rings. The van der Waals surface area contributed by atoms with Crippen LogP contribution in [0.2, 0.25) is 5.02 Å². The van der Waals surface area contributed by atoms with E-state index < -0.39 is 5.82 Å². The predicted octanol–water partition coefficient (Wildman–Crippen LogP) is 5.25. The van der Waals surface area contributed by atoms with Crippen LogP contribution in [-0.4, -0.2) is 35.8 Å². The van der Waals surface area contributed by atoms with Gasteiger partial charge in [-0.25, -0.2) is 24.3 Å². The van der Waals surface area contributed by atoms with E-state index in [1.54, 1.807) is 16.8 Å². The number of nitrogens with zero attached hydrogens (tertiary/aromatic N) is 6. The van der Waals surface area contributed by atoms with E-state index in [1.165, 1.54) is 6.07 Å². The molecular weight excluding hydrogens is 443 g/mol. The fraction of sp³-hybridized carbons (Fsp3) is 0.375. The lowest BCUT2D eigenvalue weighted by Gasteiger charge is -2.33. The van der Waals surface area contributed by atoms with Gasteiger partial charge < -0.3 is 4.74 Å². The maximum atomic E-state index is 14.9. The summed E-state index contributed by atoms with van der Waals surface area (Å²) in [6.07, 6.45) is 5.13. The van der Waals surface area contributed by atoms with Crippen molar-refractivity contribution >= 4 is 22.8 Å². The number of fused-ring (bicyclic) bond motifs is 1. The molecule has 7 nitrogen and oxygen atoms in total. The molecule has 4 aromatic rings. The molecule has 3 atom stereocenters. The Morgan fingerprint density at radius 3 is 2.61 bits per heavy atom. The van der Waals surface area contributed by atoms with Gasteiger partial charge in [-0.05, 0) is 51.8 Å². The molecule has 0 bridgehead atoms. The second kappa shape index (κ2) is 8.43. The van der Waals surface area contributed by atoms with E-state index in [0.29, 0.717) is 39.7 Å². The molecule has 0 saturated carbocycles. The van der Waals surface area contributed by atoms with Crippen LogP contribution in [0.4, 0.5) is 4.39 Å². The number of rotatable bonds is 3. The Labute approximate surface area is 196 Å². The predicted molar refractivity (Wildman–Crippen MR) is 123 cm³/mol. The molecule has 5 rings (SSSR count). The Morgan fingerprint density at radius 2 is 1.88 bits per heavy atom. The van der Waals surface area contributed by atoms with Crippen molar-refractivity contribution in [1.29, 1.82) is 0 Å². The molecule has 1 saturated heterocycles. The van der Waals surface area contributed by atoms with Crippen LogP contribution in [0.15, 0.2) is 30.6 Å². The third-order valence-electron chi connectivity index (χ3n) is 6.12. The van der Waals surface area contributed by atoms with E-state index >= 15 is 0 Å². The summed E-state index contributed by atoms with van der Waals surface area (Å²) in [5, 5.41) is 4.60. The van der Waals surface area contributed by atoms with Crippen molar-refractivity contribution in [2.45, 2.75) is 51.7 Å². The molecule has 1 aromatic carbocycles. The topological polar surface area (TPSA) is 78.6 Å². The fourth-order valence-electron chi connectivity index (χ4n) is 4.36. The lowest BCUT2D eigenvalue weighted by molar-refractivity contribution is -0.0511. The van der Waals surface area contributed by atoms with Crippen molar-refractivity contribution in [1.82, 2.24) is 29.7 Å². The normalized spacial score (nSPS) is 21.0. The van der Waals surface area contributed by atoms with Crippen molar-refractivity contribution in [2.75, 3.05) is 0 Å². The first-order chi connectivity index (χ1) is 15.8. The van der Waals surface area contributed by atoms with Crippen LogP contribution < -0.4 is 0 Å². The summed E-state index contributed by atoms with van der Waals surface area (Å²) >= 11 is 5.99. The van der Waals surface area contributed by atoms with Crippen molar-refractivity contribution in [3.05, 3.63) is 64.2 Å². The van der Waals surface area contributed by atoms with E-state index in [-0.39, 0.29) is 18.1 Å². The number of halogens is 2. The highest BCUT2D eigenvalue weighted by Gasteiger charge is 2.32. The molecule has 9 heteroatoms. The van der Waals surface area contributed by atoms with Crippen molar-refractivity contribution in [2.24, 2.45) is 7.05 Å². The van der Waals surface area contributed by atoms with Crippen molar-refractivity contribution < 1.29 is 9.13 Å². The first-order valence-electron chi connectivity index (χ1n) is 10.9. The van der Waals surface area contributed by atoms with Gasteiger partial charge >= 0.3 is 0 Å². The molecular formula is C24H24ClFN6O. The highest BCUT2D eigenvalue weighted by Crippen LogP contribution is 2.40. The SMILES string of the molecule is Cc1nc2nc([C@@H]3C[C@@H](c4cnn(C)c4)O[C@@H](C)C3)nc(-c3ccc(Cl)cc3F)c2nc1C. The van der Waals surface area contributed by atoms with Crippen LogP contribution in [0.5, 0.6) is 0 Å². The van der Waals surface area contributed by atoms with Gasteiger partial charge in [-0.15, -0.1) is 0 Å². The molecule has 33 heavy (non-hydrogen) atoms. The van der Waals surface area contributed by atoms with E-state index in [9.17, 15) is 4.39 Å². The molecule has 0 spiro atoms. The number of aryl methyl sites for hydroxylation is 3. The van der Waals surface area contributed by atoms with E-state index in [0.717, 1.165) is 23.4 Å². The summed E-state index contributed by atoms with van der Waals surface area (Å²) in [6.45, 7) is 5.81. The number of hydrogen-bond acceptors (Lipinski definition) is 6. The first-order valence-corrected chi connectivity index (χ1v) is 11.3. The maximum absolute atomic E-state index is 14.9. The molecule has 1 aliphatic rings. The van der Waals surface area contributed by atoms with Gasteiger partial charge in [0, 0.05) is 35.3 Å².